The summed E-state index contributed by atoms with van der Waals surface area (Å²) in [5.41, 5.74) is 0. The number of hydrogen-bond donors (Lipinski definition) is 3. The SMILES string of the molecule is CCCCCCCC(=O)OC[C@H](COP(=O)(O)OC[C@H](O)COP(=O)(O)OC[C@@H](COC(=O)CCCCCCCCCCC(C)CC)OC(=O)CCCCCCCCCCCC(C)C)OC(=O)CCCCCCCCC(C)C. The van der Waals surface area contributed by atoms with Crippen molar-refractivity contribution in [2.45, 2.75) is 298 Å². The fourth-order valence-corrected chi connectivity index (χ4v) is 10.1. The number of phosphoric ester groups is 2. The molecule has 0 rings (SSSR count). The molecule has 462 valence electrons. The zero-order chi connectivity index (χ0) is 58.1. The largest absolute Gasteiger partial charge is 0.472 e. The van der Waals surface area contributed by atoms with Gasteiger partial charge in [0.25, 0.3) is 0 Å². The molecule has 6 atom stereocenters. The summed E-state index contributed by atoms with van der Waals surface area (Å²) < 4.78 is 67.6. The van der Waals surface area contributed by atoms with Crippen LogP contribution in [0.25, 0.3) is 0 Å². The van der Waals surface area contributed by atoms with Crippen LogP contribution in [-0.4, -0.2) is 96.7 Å². The van der Waals surface area contributed by atoms with E-state index in [1.54, 1.807) is 0 Å². The van der Waals surface area contributed by atoms with Crippen LogP contribution >= 0.6 is 15.6 Å². The van der Waals surface area contributed by atoms with Crippen molar-refractivity contribution in [2.75, 3.05) is 39.6 Å². The molecule has 3 N–H and O–H groups in total. The van der Waals surface area contributed by atoms with Crippen molar-refractivity contribution in [1.82, 2.24) is 0 Å². The molecule has 0 saturated heterocycles. The van der Waals surface area contributed by atoms with Crippen molar-refractivity contribution in [3.8, 4) is 0 Å². The van der Waals surface area contributed by atoms with Gasteiger partial charge in [0.15, 0.2) is 12.2 Å². The van der Waals surface area contributed by atoms with Crippen LogP contribution in [0.3, 0.4) is 0 Å². The van der Waals surface area contributed by atoms with E-state index < -0.39 is 97.5 Å². The number of phosphoric acid groups is 2. The number of carbonyl (C=O) groups excluding carboxylic acids is 4. The van der Waals surface area contributed by atoms with Gasteiger partial charge in [-0.1, -0.05) is 228 Å². The van der Waals surface area contributed by atoms with Crippen molar-refractivity contribution in [1.29, 1.82) is 0 Å². The van der Waals surface area contributed by atoms with E-state index in [2.05, 4.69) is 48.5 Å². The Kier molecular flexibility index (Phi) is 49.5. The lowest BCUT2D eigenvalue weighted by Crippen LogP contribution is -2.30. The molecule has 0 bridgehead atoms. The average Bonchev–Trinajstić information content (AvgIpc) is 3.39. The summed E-state index contributed by atoms with van der Waals surface area (Å²) in [6, 6.07) is 0. The Labute approximate surface area is 473 Å². The third-order valence-electron chi connectivity index (χ3n) is 13.7. The van der Waals surface area contributed by atoms with Crippen molar-refractivity contribution in [2.24, 2.45) is 17.8 Å². The van der Waals surface area contributed by atoms with Crippen LogP contribution in [0.2, 0.25) is 0 Å². The predicted molar refractivity (Wildman–Crippen MR) is 308 cm³/mol. The van der Waals surface area contributed by atoms with Crippen LogP contribution in [0.15, 0.2) is 0 Å². The van der Waals surface area contributed by atoms with Crippen LogP contribution in [-0.2, 0) is 65.4 Å². The van der Waals surface area contributed by atoms with Gasteiger partial charge in [-0.2, -0.15) is 0 Å². The highest BCUT2D eigenvalue weighted by Crippen LogP contribution is 2.45. The van der Waals surface area contributed by atoms with E-state index in [1.165, 1.54) is 83.5 Å². The molecule has 17 nitrogen and oxygen atoms in total. The van der Waals surface area contributed by atoms with Gasteiger partial charge in [0.1, 0.15) is 19.3 Å². The number of carbonyl (C=O) groups is 4. The highest BCUT2D eigenvalue weighted by molar-refractivity contribution is 7.47. The molecule has 0 aromatic rings. The van der Waals surface area contributed by atoms with Crippen LogP contribution < -0.4 is 0 Å². The molecule has 0 radical (unpaired) electrons. The maximum Gasteiger partial charge on any atom is 0.472 e. The van der Waals surface area contributed by atoms with E-state index >= 15 is 0 Å². The topological polar surface area (TPSA) is 237 Å². The summed E-state index contributed by atoms with van der Waals surface area (Å²) in [5, 5.41) is 10.5. The maximum atomic E-state index is 12.9. The second-order valence-electron chi connectivity index (χ2n) is 22.6. The molecule has 0 aliphatic carbocycles. The van der Waals surface area contributed by atoms with Crippen LogP contribution in [0, 0.1) is 17.8 Å². The Morgan fingerprint density at radius 1 is 0.372 bits per heavy atom. The molecule has 0 spiro atoms. The third kappa shape index (κ3) is 52.2. The zero-order valence-electron chi connectivity index (χ0n) is 50.1. The first-order valence-corrected chi connectivity index (χ1v) is 33.9. The third-order valence-corrected chi connectivity index (χ3v) is 15.6. The second kappa shape index (κ2) is 50.8. The molecular weight excluding hydrogens is 1040 g/mol. The van der Waals surface area contributed by atoms with Crippen molar-refractivity contribution in [3.63, 3.8) is 0 Å². The Balaban J connectivity index is 5.20. The Morgan fingerprint density at radius 3 is 0.974 bits per heavy atom. The lowest BCUT2D eigenvalue weighted by atomic mass is 9.99. The van der Waals surface area contributed by atoms with E-state index in [1.807, 2.05) is 0 Å². The van der Waals surface area contributed by atoms with Gasteiger partial charge in [0, 0.05) is 25.7 Å². The molecule has 0 aromatic carbocycles. The number of rotatable bonds is 57. The van der Waals surface area contributed by atoms with E-state index in [9.17, 15) is 43.2 Å². The van der Waals surface area contributed by atoms with Gasteiger partial charge in [0.2, 0.25) is 0 Å². The molecule has 0 aromatic heterocycles. The molecule has 78 heavy (non-hydrogen) atoms. The summed E-state index contributed by atoms with van der Waals surface area (Å²) in [4.78, 5) is 71.7. The summed E-state index contributed by atoms with van der Waals surface area (Å²) in [6.45, 7) is 11.5. The monoisotopic (exact) mass is 1160 g/mol. The number of aliphatic hydroxyl groups excluding tert-OH is 1. The van der Waals surface area contributed by atoms with Crippen LogP contribution in [0.5, 0.6) is 0 Å². The first-order chi connectivity index (χ1) is 37.3. The minimum absolute atomic E-state index is 0.101. The molecule has 0 saturated carbocycles. The van der Waals surface area contributed by atoms with Crippen molar-refractivity contribution >= 4 is 39.5 Å². The van der Waals surface area contributed by atoms with Gasteiger partial charge < -0.3 is 33.8 Å². The van der Waals surface area contributed by atoms with Crippen LogP contribution in [0.4, 0.5) is 0 Å². The fourth-order valence-electron chi connectivity index (χ4n) is 8.56. The fraction of sp³-hybridized carbons (Fsp3) is 0.932. The molecule has 19 heteroatoms. The molecule has 0 fully saturated rings. The highest BCUT2D eigenvalue weighted by atomic mass is 31.2. The minimum atomic E-state index is -4.94. The van der Waals surface area contributed by atoms with E-state index in [0.717, 1.165) is 108 Å². The molecule has 0 heterocycles. The lowest BCUT2D eigenvalue weighted by Gasteiger charge is -2.21. The predicted octanol–water partition coefficient (Wildman–Crippen LogP) is 15.6. The van der Waals surface area contributed by atoms with Gasteiger partial charge in [-0.05, 0) is 43.4 Å². The highest BCUT2D eigenvalue weighted by Gasteiger charge is 2.30. The number of ether oxygens (including phenoxy) is 4. The van der Waals surface area contributed by atoms with Crippen LogP contribution in [0.1, 0.15) is 280 Å². The first-order valence-electron chi connectivity index (χ1n) is 30.9. The van der Waals surface area contributed by atoms with Crippen molar-refractivity contribution in [3.05, 3.63) is 0 Å². The Hall–Kier alpha value is -1.94. The molecule has 0 aliphatic heterocycles. The molecule has 0 amide bonds. The van der Waals surface area contributed by atoms with E-state index in [4.69, 9.17) is 37.0 Å². The standard InChI is InChI=1S/C59H114O17P2/c1-8-10-11-23-33-40-56(61)69-46-54(76-59(64)43-36-29-22-21-25-31-38-51(5)6)48-73-77(65,66)71-44-53(60)45-72-78(67,68)74-49-55(75-58(63)42-35-28-20-14-12-13-17-24-30-37-50(3)4)47-70-57(62)41-34-27-19-16-15-18-26-32-39-52(7)9-2/h50-55,60H,8-49H2,1-7H3,(H,65,66)(H,67,68)/t52?,53-,54+,55+/m0/s1. The molecular formula is C59H114O17P2. The number of hydrogen-bond acceptors (Lipinski definition) is 15. The number of aliphatic hydroxyl groups is 1. The zero-order valence-corrected chi connectivity index (χ0v) is 51.9. The lowest BCUT2D eigenvalue weighted by molar-refractivity contribution is -0.161. The van der Waals surface area contributed by atoms with E-state index in [0.29, 0.717) is 31.6 Å². The smallest absolute Gasteiger partial charge is 0.462 e. The van der Waals surface area contributed by atoms with Gasteiger partial charge in [0.05, 0.1) is 26.4 Å². The van der Waals surface area contributed by atoms with Gasteiger partial charge in [-0.3, -0.25) is 37.3 Å². The van der Waals surface area contributed by atoms with Crippen molar-refractivity contribution < 1.29 is 80.2 Å². The Morgan fingerprint density at radius 2 is 0.654 bits per heavy atom. The van der Waals surface area contributed by atoms with Gasteiger partial charge >= 0.3 is 39.5 Å². The molecule has 0 aliphatic rings. The van der Waals surface area contributed by atoms with Gasteiger partial charge in [-0.15, -0.1) is 0 Å². The second-order valence-corrected chi connectivity index (χ2v) is 25.5. The summed E-state index contributed by atoms with van der Waals surface area (Å²) in [5.74, 6) is 0.0258. The van der Waals surface area contributed by atoms with E-state index in [-0.39, 0.29) is 25.7 Å². The summed E-state index contributed by atoms with van der Waals surface area (Å²) in [6.07, 6.45) is 29.8. The maximum absolute atomic E-state index is 12.9. The summed E-state index contributed by atoms with van der Waals surface area (Å²) >= 11 is 0. The minimum Gasteiger partial charge on any atom is -0.462 e. The Bertz CT molecular complexity index is 1560. The molecule has 3 unspecified atom stereocenters. The van der Waals surface area contributed by atoms with Gasteiger partial charge in [-0.25, -0.2) is 9.13 Å². The average molecular weight is 1160 g/mol. The first kappa shape index (κ1) is 76.1. The number of esters is 4. The normalized spacial score (nSPS) is 14.9. The summed E-state index contributed by atoms with van der Waals surface area (Å²) in [7, 11) is -9.87. The quantitative estimate of drug-likeness (QED) is 0.0222. The number of unbranched alkanes of at least 4 members (excludes halogenated alkanes) is 24.